The molecule has 33 heavy (non-hydrogen) atoms. The Morgan fingerprint density at radius 3 is 2.48 bits per heavy atom. The highest BCUT2D eigenvalue weighted by atomic mass is 19.4. The van der Waals surface area contributed by atoms with E-state index < -0.39 is 34.8 Å². The minimum absolute atomic E-state index is 0.142. The summed E-state index contributed by atoms with van der Waals surface area (Å²) in [4.78, 5) is 20.6. The topological polar surface area (TPSA) is 80.9 Å². The first-order chi connectivity index (χ1) is 15.5. The van der Waals surface area contributed by atoms with Gasteiger partial charge in [0.25, 0.3) is 5.91 Å². The number of nitrogen functional groups attached to an aromatic ring is 1. The van der Waals surface area contributed by atoms with Crippen LogP contribution in [0.4, 0.5) is 33.6 Å². The van der Waals surface area contributed by atoms with E-state index >= 15 is 0 Å². The predicted octanol–water partition coefficient (Wildman–Crippen LogP) is 5.74. The summed E-state index contributed by atoms with van der Waals surface area (Å²) < 4.78 is 66.3. The first-order valence-electron chi connectivity index (χ1n) is 9.54. The molecular formula is C23H15F5N4O. The second-order valence-corrected chi connectivity index (χ2v) is 7.27. The van der Waals surface area contributed by atoms with Crippen molar-refractivity contribution in [1.82, 2.24) is 9.97 Å². The zero-order valence-electron chi connectivity index (χ0n) is 17.0. The quantitative estimate of drug-likeness (QED) is 0.384. The molecule has 3 N–H and O–H groups in total. The minimum Gasteiger partial charge on any atom is -0.368 e. The number of fused-ring (bicyclic) bond motifs is 1. The van der Waals surface area contributed by atoms with Gasteiger partial charge in [-0.15, -0.1) is 0 Å². The Hall–Kier alpha value is -4.08. The van der Waals surface area contributed by atoms with Crippen LogP contribution in [-0.4, -0.2) is 15.9 Å². The number of anilines is 2. The average molecular weight is 458 g/mol. The summed E-state index contributed by atoms with van der Waals surface area (Å²) in [5.41, 5.74) is 6.22. The van der Waals surface area contributed by atoms with Gasteiger partial charge in [0.15, 0.2) is 11.6 Å². The molecule has 0 spiro atoms. The van der Waals surface area contributed by atoms with E-state index in [0.717, 1.165) is 22.1 Å². The number of nitrogens with two attached hydrogens (primary N) is 1. The van der Waals surface area contributed by atoms with Gasteiger partial charge in [-0.05, 0) is 60.0 Å². The normalized spacial score (nSPS) is 11.6. The number of alkyl halides is 3. The Kier molecular flexibility index (Phi) is 5.44. The van der Waals surface area contributed by atoms with E-state index in [2.05, 4.69) is 15.3 Å². The van der Waals surface area contributed by atoms with Crippen molar-refractivity contribution in [3.63, 3.8) is 0 Å². The number of amides is 1. The highest BCUT2D eigenvalue weighted by Gasteiger charge is 2.36. The Labute approximate surface area is 184 Å². The number of hydrogen-bond acceptors (Lipinski definition) is 4. The molecule has 1 aromatic heterocycles. The Morgan fingerprint density at radius 1 is 1.00 bits per heavy atom. The van der Waals surface area contributed by atoms with Gasteiger partial charge in [-0.2, -0.15) is 13.2 Å². The Bertz CT molecular complexity index is 1400. The van der Waals surface area contributed by atoms with Crippen molar-refractivity contribution in [3.8, 4) is 11.1 Å². The molecule has 10 heteroatoms. The van der Waals surface area contributed by atoms with Crippen LogP contribution in [-0.2, 0) is 6.18 Å². The van der Waals surface area contributed by atoms with E-state index in [1.54, 1.807) is 36.5 Å². The second kappa shape index (κ2) is 8.12. The molecule has 1 heterocycles. The van der Waals surface area contributed by atoms with Crippen LogP contribution in [0.2, 0.25) is 0 Å². The number of rotatable bonds is 3. The molecule has 0 radical (unpaired) electrons. The molecule has 0 saturated heterocycles. The molecule has 0 atom stereocenters. The van der Waals surface area contributed by atoms with Crippen molar-refractivity contribution in [3.05, 3.63) is 83.1 Å². The summed E-state index contributed by atoms with van der Waals surface area (Å²) in [6.07, 6.45) is -3.51. The van der Waals surface area contributed by atoms with Crippen LogP contribution in [0.1, 0.15) is 21.5 Å². The lowest BCUT2D eigenvalue weighted by Gasteiger charge is -2.13. The van der Waals surface area contributed by atoms with Crippen LogP contribution >= 0.6 is 0 Å². The monoisotopic (exact) mass is 458 g/mol. The zero-order valence-corrected chi connectivity index (χ0v) is 17.0. The van der Waals surface area contributed by atoms with Gasteiger partial charge in [0, 0.05) is 17.3 Å². The van der Waals surface area contributed by atoms with Gasteiger partial charge in [-0.3, -0.25) is 4.79 Å². The number of carbonyl (C=O) groups is 1. The van der Waals surface area contributed by atoms with Crippen LogP contribution in [0, 0.1) is 18.6 Å². The molecule has 0 unspecified atom stereocenters. The van der Waals surface area contributed by atoms with Gasteiger partial charge in [0.1, 0.15) is 0 Å². The molecule has 3 aromatic carbocycles. The zero-order chi connectivity index (χ0) is 23.9. The third-order valence-electron chi connectivity index (χ3n) is 5.04. The van der Waals surface area contributed by atoms with E-state index in [9.17, 15) is 26.7 Å². The van der Waals surface area contributed by atoms with Crippen LogP contribution < -0.4 is 11.1 Å². The lowest BCUT2D eigenvalue weighted by atomic mass is 9.98. The van der Waals surface area contributed by atoms with E-state index in [1.807, 2.05) is 13.0 Å². The summed E-state index contributed by atoms with van der Waals surface area (Å²) in [6.45, 7) is 1.84. The molecule has 0 bridgehead atoms. The van der Waals surface area contributed by atoms with Gasteiger partial charge >= 0.3 is 6.18 Å². The van der Waals surface area contributed by atoms with Crippen LogP contribution in [0.3, 0.4) is 0 Å². The van der Waals surface area contributed by atoms with Crippen molar-refractivity contribution >= 4 is 28.4 Å². The fourth-order valence-corrected chi connectivity index (χ4v) is 3.37. The van der Waals surface area contributed by atoms with Crippen LogP contribution in [0.5, 0.6) is 0 Å². The smallest absolute Gasteiger partial charge is 0.368 e. The van der Waals surface area contributed by atoms with E-state index in [0.29, 0.717) is 17.6 Å². The van der Waals surface area contributed by atoms with Gasteiger partial charge < -0.3 is 11.1 Å². The first-order valence-corrected chi connectivity index (χ1v) is 9.54. The largest absolute Gasteiger partial charge is 0.419 e. The summed E-state index contributed by atoms with van der Waals surface area (Å²) >= 11 is 0. The summed E-state index contributed by atoms with van der Waals surface area (Å²) in [5.74, 6) is -4.94. The lowest BCUT2D eigenvalue weighted by Crippen LogP contribution is -2.17. The minimum atomic E-state index is -5.08. The van der Waals surface area contributed by atoms with Crippen LogP contribution in [0.15, 0.2) is 54.7 Å². The number of carbonyl (C=O) groups excluding carboxylic acids is 1. The van der Waals surface area contributed by atoms with Crippen molar-refractivity contribution in [2.45, 2.75) is 13.1 Å². The molecule has 4 rings (SSSR count). The number of halogens is 5. The molecular weight excluding hydrogens is 443 g/mol. The molecule has 1 amide bonds. The summed E-state index contributed by atoms with van der Waals surface area (Å²) in [7, 11) is 0. The van der Waals surface area contributed by atoms with Crippen molar-refractivity contribution in [2.24, 2.45) is 0 Å². The van der Waals surface area contributed by atoms with Gasteiger partial charge in [0.2, 0.25) is 5.95 Å². The van der Waals surface area contributed by atoms with E-state index in [4.69, 9.17) is 5.73 Å². The van der Waals surface area contributed by atoms with Gasteiger partial charge in [-0.1, -0.05) is 12.1 Å². The highest BCUT2D eigenvalue weighted by molar-refractivity contribution is 6.05. The fourth-order valence-electron chi connectivity index (χ4n) is 3.37. The molecule has 0 fully saturated rings. The third-order valence-corrected chi connectivity index (χ3v) is 5.04. The van der Waals surface area contributed by atoms with Crippen molar-refractivity contribution in [2.75, 3.05) is 11.1 Å². The van der Waals surface area contributed by atoms with Crippen LogP contribution in [0.25, 0.3) is 22.0 Å². The molecule has 0 saturated carbocycles. The molecule has 0 aliphatic rings. The van der Waals surface area contributed by atoms with E-state index in [1.165, 1.54) is 0 Å². The maximum Gasteiger partial charge on any atom is 0.419 e. The number of aryl methyl sites for hydroxylation is 1. The number of nitrogens with zero attached hydrogens (tertiary/aromatic N) is 2. The van der Waals surface area contributed by atoms with Crippen molar-refractivity contribution in [1.29, 1.82) is 0 Å². The standard InChI is InChI=1S/C23H15F5N4O/c1-11-2-4-14(9-16(11)12-3-7-18-13(8-12)10-30-22(29)32-18)31-21(33)15-5-6-17(23(26,27)28)20(25)19(15)24/h2-10H,1H3,(H,31,33)(H2,29,30,32). The van der Waals surface area contributed by atoms with Gasteiger partial charge in [-0.25, -0.2) is 18.7 Å². The lowest BCUT2D eigenvalue weighted by molar-refractivity contribution is -0.140. The fraction of sp³-hybridized carbons (Fsp3) is 0.0870. The maximum atomic E-state index is 14.2. The molecule has 5 nitrogen and oxygen atoms in total. The third kappa shape index (κ3) is 4.32. The number of hydrogen-bond donors (Lipinski definition) is 2. The Balaban J connectivity index is 1.66. The number of nitrogens with one attached hydrogen (secondary N) is 1. The first kappa shape index (κ1) is 22.1. The second-order valence-electron chi connectivity index (χ2n) is 7.27. The molecule has 0 aliphatic heterocycles. The number of benzene rings is 3. The molecule has 168 valence electrons. The van der Waals surface area contributed by atoms with E-state index in [-0.39, 0.29) is 11.6 Å². The molecule has 4 aromatic rings. The summed E-state index contributed by atoms with van der Waals surface area (Å²) in [5, 5.41) is 3.13. The van der Waals surface area contributed by atoms with Gasteiger partial charge in [0.05, 0.1) is 16.6 Å². The Morgan fingerprint density at radius 2 is 1.76 bits per heavy atom. The number of aromatic nitrogens is 2. The SMILES string of the molecule is Cc1ccc(NC(=O)c2ccc(C(F)(F)F)c(F)c2F)cc1-c1ccc2nc(N)ncc2c1. The maximum absolute atomic E-state index is 14.2. The average Bonchev–Trinajstić information content (AvgIpc) is 2.75. The molecule has 0 aliphatic carbocycles. The predicted molar refractivity (Wildman–Crippen MR) is 113 cm³/mol. The van der Waals surface area contributed by atoms with Crippen molar-refractivity contribution < 1.29 is 26.7 Å². The highest BCUT2D eigenvalue weighted by Crippen LogP contribution is 2.33. The summed E-state index contributed by atoms with van der Waals surface area (Å²) in [6, 6.07) is 11.2.